The molecule has 0 radical (unpaired) electrons. The first kappa shape index (κ1) is 28.8. The van der Waals surface area contributed by atoms with E-state index < -0.39 is 0 Å². The largest absolute Gasteiger partial charge is 0.510 e. The van der Waals surface area contributed by atoms with Gasteiger partial charge in [-0.1, -0.05) is 18.3 Å². The molecule has 1 heterocycles. The van der Waals surface area contributed by atoms with Gasteiger partial charge in [-0.05, 0) is 45.2 Å². The highest BCUT2D eigenvalue weighted by atomic mass is 32.2. The summed E-state index contributed by atoms with van der Waals surface area (Å²) in [7, 11) is 3.33. The third-order valence-corrected chi connectivity index (χ3v) is 6.52. The van der Waals surface area contributed by atoms with E-state index in [0.717, 1.165) is 35.8 Å². The Labute approximate surface area is 218 Å². The summed E-state index contributed by atoms with van der Waals surface area (Å²) in [6.45, 7) is 13.7. The molecule has 0 fully saturated rings. The van der Waals surface area contributed by atoms with Gasteiger partial charge in [0.15, 0.2) is 11.3 Å². The number of amides is 1. The van der Waals surface area contributed by atoms with Crippen LogP contribution in [0.3, 0.4) is 0 Å². The number of hydrogen-bond acceptors (Lipinski definition) is 9. The molecule has 0 spiro atoms. The molecule has 11 heteroatoms. The minimum atomic E-state index is -0.361. The first-order valence-electron chi connectivity index (χ1n) is 11.9. The monoisotopic (exact) mass is 517 g/mol. The molecule has 0 saturated carbocycles. The van der Waals surface area contributed by atoms with Crippen LogP contribution in [0.4, 0.5) is 5.69 Å². The highest BCUT2D eigenvalue weighted by molar-refractivity contribution is 8.03. The molecule has 0 saturated heterocycles. The van der Waals surface area contributed by atoms with Crippen molar-refractivity contribution in [2.45, 2.75) is 33.2 Å². The van der Waals surface area contributed by atoms with Crippen LogP contribution in [0.2, 0.25) is 0 Å². The third kappa shape index (κ3) is 7.27. The van der Waals surface area contributed by atoms with Gasteiger partial charge in [-0.25, -0.2) is 0 Å². The summed E-state index contributed by atoms with van der Waals surface area (Å²) < 4.78 is 5.92. The van der Waals surface area contributed by atoms with Crippen LogP contribution in [0.15, 0.2) is 47.5 Å². The Balaban J connectivity index is 2.01. The minimum Gasteiger partial charge on any atom is -0.510 e. The zero-order valence-corrected chi connectivity index (χ0v) is 22.8. The second-order valence-electron chi connectivity index (χ2n) is 7.96. The number of nitrogens with zero attached hydrogens (tertiary/aromatic N) is 2. The predicted octanol–water partition coefficient (Wildman–Crippen LogP) is 2.94. The molecule has 0 aromatic heterocycles. The molecule has 198 valence electrons. The third-order valence-electron chi connectivity index (χ3n) is 5.64. The molecule has 1 aliphatic heterocycles. The van der Waals surface area contributed by atoms with Gasteiger partial charge in [0.2, 0.25) is 5.91 Å². The number of nitrogens with one attached hydrogen (secondary N) is 5. The lowest BCUT2D eigenvalue weighted by Crippen LogP contribution is -2.45. The van der Waals surface area contributed by atoms with E-state index in [4.69, 9.17) is 10.1 Å². The van der Waals surface area contributed by atoms with Gasteiger partial charge in [-0.15, -0.1) is 0 Å². The van der Waals surface area contributed by atoms with Crippen LogP contribution in [0, 0.1) is 5.41 Å². The summed E-state index contributed by atoms with van der Waals surface area (Å²) in [5.74, 6) is 0.854. The number of carbonyl (C=O) groups excluding carboxylic acids is 1. The molecule has 1 unspecified atom stereocenters. The normalized spacial score (nSPS) is 15.2. The number of thioether (sulfide) groups is 1. The van der Waals surface area contributed by atoms with E-state index in [0.29, 0.717) is 12.4 Å². The minimum absolute atomic E-state index is 0.0175. The Morgan fingerprint density at radius 2 is 2.00 bits per heavy atom. The summed E-state index contributed by atoms with van der Waals surface area (Å²) in [5, 5.41) is 32.2. The van der Waals surface area contributed by atoms with E-state index in [9.17, 15) is 9.90 Å². The Morgan fingerprint density at radius 3 is 2.58 bits per heavy atom. The van der Waals surface area contributed by atoms with Crippen LogP contribution >= 0.6 is 11.8 Å². The number of anilines is 1. The van der Waals surface area contributed by atoms with Crippen LogP contribution in [-0.4, -0.2) is 67.6 Å². The average Bonchev–Trinajstić information content (AvgIpc) is 3.32. The number of amidine groups is 1. The Bertz CT molecular complexity index is 1020. The van der Waals surface area contributed by atoms with Crippen molar-refractivity contribution in [3.63, 3.8) is 0 Å². The van der Waals surface area contributed by atoms with Crippen LogP contribution in [0.25, 0.3) is 5.70 Å². The maximum absolute atomic E-state index is 12.6. The summed E-state index contributed by atoms with van der Waals surface area (Å²) >= 11 is 1.45. The lowest BCUT2D eigenvalue weighted by molar-refractivity contribution is -0.120. The van der Waals surface area contributed by atoms with Gasteiger partial charge in [0, 0.05) is 44.5 Å². The number of ether oxygens (including phenoxy) is 1. The SMILES string of the molecule is C=C(NC)N(C)C(=N)C(NCC(=O)NC1NC(c2ccc(N(CC)CC)cc2OCC)=CS1)=C(C)O. The molecule has 1 atom stereocenters. The number of aliphatic hydroxyl groups excluding tert-OH is 1. The summed E-state index contributed by atoms with van der Waals surface area (Å²) in [5.41, 5.74) is 2.68. The van der Waals surface area contributed by atoms with Gasteiger partial charge in [0.1, 0.15) is 17.2 Å². The van der Waals surface area contributed by atoms with Crippen molar-refractivity contribution in [1.29, 1.82) is 5.41 Å². The quantitative estimate of drug-likeness (QED) is 0.133. The fourth-order valence-electron chi connectivity index (χ4n) is 3.57. The van der Waals surface area contributed by atoms with Crippen LogP contribution in [0.5, 0.6) is 5.75 Å². The highest BCUT2D eigenvalue weighted by Gasteiger charge is 2.23. The van der Waals surface area contributed by atoms with Gasteiger partial charge in [-0.3, -0.25) is 10.2 Å². The molecule has 0 bridgehead atoms. The van der Waals surface area contributed by atoms with Gasteiger partial charge < -0.3 is 40.9 Å². The van der Waals surface area contributed by atoms with Crippen LogP contribution in [-0.2, 0) is 4.79 Å². The van der Waals surface area contributed by atoms with Gasteiger partial charge in [-0.2, -0.15) is 0 Å². The topological polar surface area (TPSA) is 125 Å². The summed E-state index contributed by atoms with van der Waals surface area (Å²) in [4.78, 5) is 16.3. The van der Waals surface area contributed by atoms with Crippen molar-refractivity contribution < 1.29 is 14.6 Å². The molecule has 36 heavy (non-hydrogen) atoms. The molecule has 1 amide bonds. The molecular weight excluding hydrogens is 478 g/mol. The molecule has 10 nitrogen and oxygen atoms in total. The molecule has 1 aliphatic rings. The first-order chi connectivity index (χ1) is 17.2. The zero-order chi connectivity index (χ0) is 26.8. The number of hydrogen-bond donors (Lipinski definition) is 6. The van der Waals surface area contributed by atoms with E-state index in [1.807, 2.05) is 18.4 Å². The van der Waals surface area contributed by atoms with Crippen molar-refractivity contribution in [2.24, 2.45) is 0 Å². The van der Waals surface area contributed by atoms with E-state index in [1.54, 1.807) is 14.1 Å². The molecule has 1 aromatic carbocycles. The fraction of sp³-hybridized carbons (Fsp3) is 0.440. The van der Waals surface area contributed by atoms with Gasteiger partial charge in [0.05, 0.1) is 24.7 Å². The number of carbonyl (C=O) groups is 1. The van der Waals surface area contributed by atoms with Crippen molar-refractivity contribution in [2.75, 3.05) is 45.2 Å². The summed E-state index contributed by atoms with van der Waals surface area (Å²) in [6, 6.07) is 6.16. The molecule has 1 aromatic rings. The maximum Gasteiger partial charge on any atom is 0.241 e. The Kier molecular flexibility index (Phi) is 10.8. The fourth-order valence-corrected chi connectivity index (χ4v) is 4.43. The van der Waals surface area contributed by atoms with Crippen molar-refractivity contribution in [1.82, 2.24) is 26.2 Å². The number of aliphatic hydroxyl groups is 1. The standard InChI is InChI=1S/C25H39N7O3S/c1-8-32(9-2)18-11-12-19(21(13-18)35-10-3)20-15-36-25(29-20)30-22(34)14-28-23(16(4)33)24(26)31(7)17(5)27-6/h11-13,15,25-29,33H,5,8-10,14H2,1-4,6-7H3,(H,30,34). The summed E-state index contributed by atoms with van der Waals surface area (Å²) in [6.07, 6.45) is 0. The smallest absolute Gasteiger partial charge is 0.241 e. The van der Waals surface area contributed by atoms with Crippen molar-refractivity contribution in [3.8, 4) is 5.75 Å². The lowest BCUT2D eigenvalue weighted by atomic mass is 10.1. The Morgan fingerprint density at radius 1 is 1.31 bits per heavy atom. The van der Waals surface area contributed by atoms with E-state index in [1.165, 1.54) is 23.6 Å². The molecule has 6 N–H and O–H groups in total. The van der Waals surface area contributed by atoms with Crippen LogP contribution in [0.1, 0.15) is 33.3 Å². The highest BCUT2D eigenvalue weighted by Crippen LogP contribution is 2.34. The molecule has 0 aliphatic carbocycles. The predicted molar refractivity (Wildman–Crippen MR) is 149 cm³/mol. The average molecular weight is 518 g/mol. The first-order valence-corrected chi connectivity index (χ1v) is 12.9. The molecular formula is C25H39N7O3S. The van der Waals surface area contributed by atoms with Crippen molar-refractivity contribution in [3.05, 3.63) is 53.0 Å². The van der Waals surface area contributed by atoms with E-state index in [-0.39, 0.29) is 35.2 Å². The Hall–Kier alpha value is -3.47. The number of benzene rings is 1. The zero-order valence-electron chi connectivity index (χ0n) is 22.0. The molecule has 2 rings (SSSR count). The van der Waals surface area contributed by atoms with E-state index >= 15 is 0 Å². The van der Waals surface area contributed by atoms with Crippen molar-refractivity contribution >= 4 is 34.9 Å². The number of rotatable bonds is 13. The second kappa shape index (κ2) is 13.6. The van der Waals surface area contributed by atoms with Crippen LogP contribution < -0.4 is 30.9 Å². The number of likely N-dealkylation sites (N-methyl/N-ethyl adjacent to an activating group) is 1. The van der Waals surface area contributed by atoms with Gasteiger partial charge in [0.25, 0.3) is 0 Å². The number of allylic oxidation sites excluding steroid dienone is 1. The maximum atomic E-state index is 12.6. The van der Waals surface area contributed by atoms with E-state index in [2.05, 4.69) is 58.7 Å². The second-order valence-corrected chi connectivity index (χ2v) is 8.94. The van der Waals surface area contributed by atoms with Gasteiger partial charge >= 0.3 is 0 Å². The lowest BCUT2D eigenvalue weighted by Gasteiger charge is -2.24.